The van der Waals surface area contributed by atoms with Crippen LogP contribution in [0, 0.1) is 20.8 Å². The van der Waals surface area contributed by atoms with Gasteiger partial charge in [0.25, 0.3) is 0 Å². The largest absolute Gasteiger partial charge is 0.361 e. The number of hydrogen-bond donors (Lipinski definition) is 0. The fourth-order valence-corrected chi connectivity index (χ4v) is 2.50. The zero-order chi connectivity index (χ0) is 13.4. The van der Waals surface area contributed by atoms with Gasteiger partial charge in [-0.1, -0.05) is 10.3 Å². The molecule has 3 rings (SSSR count). The van der Waals surface area contributed by atoms with Crippen molar-refractivity contribution in [3.05, 3.63) is 34.0 Å². The molecule has 3 heterocycles. The molecule has 3 aromatic rings. The van der Waals surface area contributed by atoms with Gasteiger partial charge in [0, 0.05) is 16.6 Å². The Bertz CT molecular complexity index is 693. The minimum absolute atomic E-state index is 0.526. The maximum atomic E-state index is 5.25. The van der Waals surface area contributed by atoms with Crippen LogP contribution in [0.15, 0.2) is 14.4 Å². The fraction of sp³-hybridized carbons (Fsp3) is 0.333. The maximum absolute atomic E-state index is 5.25. The van der Waals surface area contributed by atoms with E-state index in [1.165, 1.54) is 11.3 Å². The van der Waals surface area contributed by atoms with Gasteiger partial charge in [-0.3, -0.25) is 0 Å². The molecule has 3 aromatic heterocycles. The Labute approximate surface area is 113 Å². The van der Waals surface area contributed by atoms with E-state index in [9.17, 15) is 0 Å². The first-order valence-electron chi connectivity index (χ1n) is 5.80. The highest BCUT2D eigenvalue weighted by Crippen LogP contribution is 2.22. The minimum atomic E-state index is 0.526. The van der Waals surface area contributed by atoms with Gasteiger partial charge in [-0.25, -0.2) is 4.98 Å². The van der Waals surface area contributed by atoms with Crippen LogP contribution in [0.2, 0.25) is 0 Å². The van der Waals surface area contributed by atoms with E-state index in [2.05, 4.69) is 20.3 Å². The fourth-order valence-electron chi connectivity index (χ4n) is 1.78. The second kappa shape index (κ2) is 4.58. The van der Waals surface area contributed by atoms with E-state index in [4.69, 9.17) is 9.05 Å². The number of hydrogen-bond acceptors (Lipinski definition) is 7. The summed E-state index contributed by atoms with van der Waals surface area (Å²) in [6.07, 6.45) is 0.526. The molecule has 98 valence electrons. The molecule has 0 spiro atoms. The van der Waals surface area contributed by atoms with Gasteiger partial charge in [-0.2, -0.15) is 4.98 Å². The van der Waals surface area contributed by atoms with Gasteiger partial charge in [-0.05, 0) is 20.8 Å². The summed E-state index contributed by atoms with van der Waals surface area (Å²) in [4.78, 5) is 8.68. The number of rotatable bonds is 3. The summed E-state index contributed by atoms with van der Waals surface area (Å²) in [6, 6.07) is 0. The first-order chi connectivity index (χ1) is 9.13. The summed E-state index contributed by atoms with van der Waals surface area (Å²) in [5.74, 6) is 1.85. The van der Waals surface area contributed by atoms with Crippen LogP contribution in [0.4, 0.5) is 0 Å². The standard InChI is InChI=1S/C12H12N4O2S/c1-6-5-19-12(13-6)11-14-10(18-16-11)4-9-7(2)15-17-8(9)3/h5H,4H2,1-3H3. The van der Waals surface area contributed by atoms with Crippen LogP contribution in [0.1, 0.15) is 28.6 Å². The van der Waals surface area contributed by atoms with Crippen LogP contribution in [0.3, 0.4) is 0 Å². The molecule has 0 amide bonds. The van der Waals surface area contributed by atoms with E-state index >= 15 is 0 Å². The van der Waals surface area contributed by atoms with E-state index < -0.39 is 0 Å². The van der Waals surface area contributed by atoms with Gasteiger partial charge in [0.1, 0.15) is 5.76 Å². The summed E-state index contributed by atoms with van der Waals surface area (Å²) in [5.41, 5.74) is 2.80. The molecule has 19 heavy (non-hydrogen) atoms. The number of aryl methyl sites for hydroxylation is 3. The summed E-state index contributed by atoms with van der Waals surface area (Å²) >= 11 is 1.50. The lowest BCUT2D eigenvalue weighted by Gasteiger charge is -1.92. The highest BCUT2D eigenvalue weighted by Gasteiger charge is 2.16. The zero-order valence-corrected chi connectivity index (χ0v) is 11.6. The van der Waals surface area contributed by atoms with Crippen LogP contribution >= 0.6 is 11.3 Å². The Balaban J connectivity index is 1.86. The third-order valence-corrected chi connectivity index (χ3v) is 3.74. The quantitative estimate of drug-likeness (QED) is 0.732. The van der Waals surface area contributed by atoms with Crippen LogP contribution in [-0.2, 0) is 6.42 Å². The average Bonchev–Trinajstić information content (AvgIpc) is 3.06. The molecule has 0 bridgehead atoms. The molecule has 0 unspecified atom stereocenters. The monoisotopic (exact) mass is 276 g/mol. The lowest BCUT2D eigenvalue weighted by atomic mass is 10.1. The molecule has 0 fully saturated rings. The smallest absolute Gasteiger partial charge is 0.231 e. The van der Waals surface area contributed by atoms with E-state index in [1.54, 1.807) is 0 Å². The molecule has 0 aliphatic carbocycles. The lowest BCUT2D eigenvalue weighted by molar-refractivity contribution is 0.381. The third kappa shape index (κ3) is 2.28. The predicted octanol–water partition coefficient (Wildman–Crippen LogP) is 2.70. The Hall–Kier alpha value is -2.02. The molecule has 0 aromatic carbocycles. The van der Waals surface area contributed by atoms with E-state index in [1.807, 2.05) is 26.2 Å². The predicted molar refractivity (Wildman–Crippen MR) is 68.9 cm³/mol. The van der Waals surface area contributed by atoms with Crippen molar-refractivity contribution in [1.29, 1.82) is 0 Å². The molecule has 6 nitrogen and oxygen atoms in total. The third-order valence-electron chi connectivity index (χ3n) is 2.79. The Morgan fingerprint density at radius 1 is 1.11 bits per heavy atom. The molecule has 0 atom stereocenters. The normalized spacial score (nSPS) is 11.1. The van der Waals surface area contributed by atoms with Gasteiger partial charge in [-0.15, -0.1) is 11.3 Å². The molecular formula is C12H12N4O2S. The minimum Gasteiger partial charge on any atom is -0.361 e. The van der Waals surface area contributed by atoms with E-state index in [0.717, 1.165) is 27.7 Å². The van der Waals surface area contributed by atoms with Gasteiger partial charge in [0.05, 0.1) is 12.1 Å². The molecule has 0 aliphatic heterocycles. The molecular weight excluding hydrogens is 264 g/mol. The van der Waals surface area contributed by atoms with Crippen molar-refractivity contribution in [2.75, 3.05) is 0 Å². The molecule has 0 saturated heterocycles. The molecule has 0 radical (unpaired) electrons. The summed E-state index contributed by atoms with van der Waals surface area (Å²) < 4.78 is 10.4. The Morgan fingerprint density at radius 3 is 2.58 bits per heavy atom. The summed E-state index contributed by atoms with van der Waals surface area (Å²) in [5, 5.41) is 10.6. The second-order valence-corrected chi connectivity index (χ2v) is 5.14. The topological polar surface area (TPSA) is 77.8 Å². The number of thiazole rings is 1. The maximum Gasteiger partial charge on any atom is 0.231 e. The SMILES string of the molecule is Cc1csc(-c2noc(Cc3c(C)noc3C)n2)n1. The van der Waals surface area contributed by atoms with Crippen molar-refractivity contribution in [3.63, 3.8) is 0 Å². The number of nitrogens with zero attached hydrogens (tertiary/aromatic N) is 4. The van der Waals surface area contributed by atoms with Crippen molar-refractivity contribution in [3.8, 4) is 10.8 Å². The molecule has 7 heteroatoms. The van der Waals surface area contributed by atoms with Crippen LogP contribution in [0.5, 0.6) is 0 Å². The first-order valence-corrected chi connectivity index (χ1v) is 6.68. The zero-order valence-electron chi connectivity index (χ0n) is 10.8. The Kier molecular flexibility index (Phi) is 2.90. The second-order valence-electron chi connectivity index (χ2n) is 4.29. The average molecular weight is 276 g/mol. The van der Waals surface area contributed by atoms with Crippen molar-refractivity contribution < 1.29 is 9.05 Å². The highest BCUT2D eigenvalue weighted by molar-refractivity contribution is 7.13. The van der Waals surface area contributed by atoms with Crippen LogP contribution in [0.25, 0.3) is 10.8 Å². The van der Waals surface area contributed by atoms with Crippen LogP contribution in [-0.4, -0.2) is 20.3 Å². The van der Waals surface area contributed by atoms with Gasteiger partial charge in [0.15, 0.2) is 5.01 Å². The summed E-state index contributed by atoms with van der Waals surface area (Å²) in [7, 11) is 0. The van der Waals surface area contributed by atoms with Crippen molar-refractivity contribution in [2.45, 2.75) is 27.2 Å². The Morgan fingerprint density at radius 2 is 1.95 bits per heavy atom. The molecule has 0 N–H and O–H groups in total. The summed E-state index contributed by atoms with van der Waals surface area (Å²) in [6.45, 7) is 5.70. The number of aromatic nitrogens is 4. The molecule has 0 aliphatic rings. The van der Waals surface area contributed by atoms with Gasteiger partial charge < -0.3 is 9.05 Å². The van der Waals surface area contributed by atoms with Crippen molar-refractivity contribution in [1.82, 2.24) is 20.3 Å². The van der Waals surface area contributed by atoms with Crippen LogP contribution < -0.4 is 0 Å². The van der Waals surface area contributed by atoms with Gasteiger partial charge >= 0.3 is 0 Å². The lowest BCUT2D eigenvalue weighted by Crippen LogP contribution is -1.91. The van der Waals surface area contributed by atoms with E-state index in [-0.39, 0.29) is 0 Å². The highest BCUT2D eigenvalue weighted by atomic mass is 32.1. The van der Waals surface area contributed by atoms with Crippen molar-refractivity contribution in [2.24, 2.45) is 0 Å². The van der Waals surface area contributed by atoms with E-state index in [0.29, 0.717) is 18.1 Å². The first kappa shape index (κ1) is 12.0. The van der Waals surface area contributed by atoms with Gasteiger partial charge in [0.2, 0.25) is 11.7 Å². The molecule has 0 saturated carbocycles. The van der Waals surface area contributed by atoms with Crippen molar-refractivity contribution >= 4 is 11.3 Å².